The van der Waals surface area contributed by atoms with Crippen LogP contribution in [0.15, 0.2) is 48.5 Å². The minimum absolute atomic E-state index is 0.154. The summed E-state index contributed by atoms with van der Waals surface area (Å²) in [6.07, 6.45) is -4.38. The molecular weight excluding hydrogens is 413 g/mol. The monoisotopic (exact) mass is 438 g/mol. The van der Waals surface area contributed by atoms with Crippen molar-refractivity contribution in [2.24, 2.45) is 0 Å². The molecule has 30 heavy (non-hydrogen) atoms. The minimum Gasteiger partial charge on any atom is -0.351 e. The van der Waals surface area contributed by atoms with Crippen LogP contribution in [0.3, 0.4) is 0 Å². The van der Waals surface area contributed by atoms with Gasteiger partial charge in [-0.1, -0.05) is 13.8 Å². The highest BCUT2D eigenvalue weighted by atomic mass is 32.1. The first-order chi connectivity index (χ1) is 14.2. The second kappa shape index (κ2) is 10.9. The molecule has 2 aromatic carbocycles. The maximum absolute atomic E-state index is 12.6. The van der Waals surface area contributed by atoms with E-state index >= 15 is 0 Å². The quantitative estimate of drug-likeness (QED) is 0.527. The summed E-state index contributed by atoms with van der Waals surface area (Å²) in [7, 11) is 0. The normalized spacial score (nSPS) is 11.3. The maximum Gasteiger partial charge on any atom is 0.416 e. The zero-order valence-electron chi connectivity index (χ0n) is 16.8. The van der Waals surface area contributed by atoms with E-state index in [1.54, 1.807) is 24.3 Å². The summed E-state index contributed by atoms with van der Waals surface area (Å²) < 4.78 is 37.8. The molecule has 0 spiro atoms. The Morgan fingerprint density at radius 3 is 1.90 bits per heavy atom. The summed E-state index contributed by atoms with van der Waals surface area (Å²) in [5, 5.41) is 8.87. The van der Waals surface area contributed by atoms with Gasteiger partial charge in [-0.25, -0.2) is 0 Å². The molecule has 9 heteroatoms. The summed E-state index contributed by atoms with van der Waals surface area (Å²) in [5.74, 6) is -0.154. The first kappa shape index (κ1) is 23.6. The predicted molar refractivity (Wildman–Crippen MR) is 118 cm³/mol. The molecular formula is C21H25F3N4OS. The van der Waals surface area contributed by atoms with Crippen molar-refractivity contribution in [2.45, 2.75) is 20.0 Å². The first-order valence-electron chi connectivity index (χ1n) is 9.58. The van der Waals surface area contributed by atoms with Crippen molar-refractivity contribution < 1.29 is 18.0 Å². The van der Waals surface area contributed by atoms with Crippen LogP contribution in [0.1, 0.15) is 29.8 Å². The number of hydrogen-bond acceptors (Lipinski definition) is 3. The lowest BCUT2D eigenvalue weighted by molar-refractivity contribution is -0.137. The van der Waals surface area contributed by atoms with Gasteiger partial charge in [-0.3, -0.25) is 4.79 Å². The largest absolute Gasteiger partial charge is 0.416 e. The number of rotatable bonds is 8. The van der Waals surface area contributed by atoms with E-state index in [-0.39, 0.29) is 11.0 Å². The van der Waals surface area contributed by atoms with E-state index in [1.165, 1.54) is 12.1 Å². The van der Waals surface area contributed by atoms with Crippen molar-refractivity contribution in [3.05, 3.63) is 59.7 Å². The maximum atomic E-state index is 12.6. The number of benzene rings is 2. The lowest BCUT2D eigenvalue weighted by Crippen LogP contribution is -2.34. The Morgan fingerprint density at radius 2 is 1.43 bits per heavy atom. The van der Waals surface area contributed by atoms with E-state index in [0.717, 1.165) is 31.8 Å². The van der Waals surface area contributed by atoms with E-state index < -0.39 is 11.7 Å². The van der Waals surface area contributed by atoms with Gasteiger partial charge in [0.25, 0.3) is 5.91 Å². The van der Waals surface area contributed by atoms with Crippen LogP contribution in [-0.4, -0.2) is 42.1 Å². The van der Waals surface area contributed by atoms with Gasteiger partial charge in [0, 0.05) is 30.0 Å². The number of amides is 1. The zero-order valence-corrected chi connectivity index (χ0v) is 17.7. The van der Waals surface area contributed by atoms with E-state index in [1.807, 2.05) is 0 Å². The summed E-state index contributed by atoms with van der Waals surface area (Å²) in [6.45, 7) is 7.39. The van der Waals surface area contributed by atoms with Gasteiger partial charge in [0.15, 0.2) is 5.11 Å². The van der Waals surface area contributed by atoms with Crippen LogP contribution >= 0.6 is 12.2 Å². The molecule has 0 heterocycles. The van der Waals surface area contributed by atoms with E-state index in [2.05, 4.69) is 34.7 Å². The highest BCUT2D eigenvalue weighted by Crippen LogP contribution is 2.29. The Morgan fingerprint density at radius 1 is 0.933 bits per heavy atom. The predicted octanol–water partition coefficient (Wildman–Crippen LogP) is 4.59. The van der Waals surface area contributed by atoms with Crippen LogP contribution in [0.5, 0.6) is 0 Å². The molecule has 0 atom stereocenters. The third-order valence-electron chi connectivity index (χ3n) is 4.48. The van der Waals surface area contributed by atoms with Gasteiger partial charge in [-0.05, 0) is 73.8 Å². The van der Waals surface area contributed by atoms with Gasteiger partial charge in [0.2, 0.25) is 0 Å². The standard InChI is InChI=1S/C21H25F3N4OS/c1-3-28(4-2)14-13-25-19(29)15-5-9-17(10-6-15)26-20(30)27-18-11-7-16(8-12-18)21(22,23)24/h5-12H,3-4,13-14H2,1-2H3,(H,25,29)(H2,26,27,30). The highest BCUT2D eigenvalue weighted by molar-refractivity contribution is 7.80. The number of nitrogens with zero attached hydrogens (tertiary/aromatic N) is 1. The average Bonchev–Trinajstić information content (AvgIpc) is 2.71. The Bertz CT molecular complexity index is 835. The Labute approximate surface area is 179 Å². The van der Waals surface area contributed by atoms with Gasteiger partial charge >= 0.3 is 6.18 Å². The molecule has 0 saturated carbocycles. The minimum atomic E-state index is -4.38. The van der Waals surface area contributed by atoms with Crippen molar-refractivity contribution in [1.29, 1.82) is 0 Å². The van der Waals surface area contributed by atoms with Crippen LogP contribution in [0, 0.1) is 0 Å². The third-order valence-corrected chi connectivity index (χ3v) is 4.69. The Balaban J connectivity index is 1.84. The van der Waals surface area contributed by atoms with E-state index in [9.17, 15) is 18.0 Å². The van der Waals surface area contributed by atoms with Gasteiger partial charge in [-0.15, -0.1) is 0 Å². The van der Waals surface area contributed by atoms with Crippen molar-refractivity contribution in [1.82, 2.24) is 10.2 Å². The topological polar surface area (TPSA) is 56.4 Å². The highest BCUT2D eigenvalue weighted by Gasteiger charge is 2.29. The lowest BCUT2D eigenvalue weighted by atomic mass is 10.2. The summed E-state index contributed by atoms with van der Waals surface area (Å²) in [6, 6.07) is 11.4. The number of halogens is 3. The van der Waals surface area contributed by atoms with Crippen molar-refractivity contribution in [3.8, 4) is 0 Å². The van der Waals surface area contributed by atoms with Crippen LogP contribution in [0.4, 0.5) is 24.5 Å². The van der Waals surface area contributed by atoms with Crippen LogP contribution < -0.4 is 16.0 Å². The average molecular weight is 439 g/mol. The number of anilines is 2. The number of nitrogens with one attached hydrogen (secondary N) is 3. The number of likely N-dealkylation sites (N-methyl/N-ethyl adjacent to an activating group) is 1. The molecule has 0 aromatic heterocycles. The number of hydrogen-bond donors (Lipinski definition) is 3. The van der Waals surface area contributed by atoms with Crippen molar-refractivity contribution in [3.63, 3.8) is 0 Å². The van der Waals surface area contributed by atoms with Gasteiger partial charge in [0.1, 0.15) is 0 Å². The number of alkyl halides is 3. The summed E-state index contributed by atoms with van der Waals surface area (Å²) in [4.78, 5) is 14.4. The molecule has 0 aliphatic carbocycles. The van der Waals surface area contributed by atoms with Crippen molar-refractivity contribution in [2.75, 3.05) is 36.8 Å². The molecule has 0 bridgehead atoms. The summed E-state index contributed by atoms with van der Waals surface area (Å²) >= 11 is 5.18. The fourth-order valence-corrected chi connectivity index (χ4v) is 2.95. The van der Waals surface area contributed by atoms with Crippen LogP contribution in [-0.2, 0) is 6.18 Å². The zero-order chi connectivity index (χ0) is 22.1. The third kappa shape index (κ3) is 7.31. The van der Waals surface area contributed by atoms with E-state index in [0.29, 0.717) is 23.5 Å². The van der Waals surface area contributed by atoms with Crippen LogP contribution in [0.25, 0.3) is 0 Å². The lowest BCUT2D eigenvalue weighted by Gasteiger charge is -2.18. The Kier molecular flexibility index (Phi) is 8.61. The second-order valence-electron chi connectivity index (χ2n) is 6.51. The molecule has 2 aromatic rings. The molecule has 0 radical (unpaired) electrons. The second-order valence-corrected chi connectivity index (χ2v) is 6.92. The smallest absolute Gasteiger partial charge is 0.351 e. The molecule has 2 rings (SSSR count). The number of thiocarbonyl (C=S) groups is 1. The van der Waals surface area contributed by atoms with Crippen molar-refractivity contribution >= 4 is 34.6 Å². The molecule has 0 fully saturated rings. The molecule has 0 saturated heterocycles. The SMILES string of the molecule is CCN(CC)CCNC(=O)c1ccc(NC(=S)Nc2ccc(C(F)(F)F)cc2)cc1. The number of carbonyl (C=O) groups excluding carboxylic acids is 1. The van der Waals surface area contributed by atoms with Gasteiger partial charge < -0.3 is 20.9 Å². The molecule has 1 amide bonds. The van der Waals surface area contributed by atoms with E-state index in [4.69, 9.17) is 12.2 Å². The van der Waals surface area contributed by atoms with Gasteiger partial charge in [0.05, 0.1) is 5.56 Å². The first-order valence-corrected chi connectivity index (χ1v) is 9.99. The Hall–Kier alpha value is -2.65. The molecule has 0 aliphatic heterocycles. The fraction of sp³-hybridized carbons (Fsp3) is 0.333. The molecule has 0 aliphatic rings. The molecule has 5 nitrogen and oxygen atoms in total. The van der Waals surface area contributed by atoms with Crippen LogP contribution in [0.2, 0.25) is 0 Å². The molecule has 0 unspecified atom stereocenters. The number of carbonyl (C=O) groups is 1. The summed E-state index contributed by atoms with van der Waals surface area (Å²) in [5.41, 5.74) is 0.892. The fourth-order valence-electron chi connectivity index (χ4n) is 2.71. The van der Waals surface area contributed by atoms with Gasteiger partial charge in [-0.2, -0.15) is 13.2 Å². The molecule has 162 valence electrons. The molecule has 3 N–H and O–H groups in total.